The van der Waals surface area contributed by atoms with Crippen molar-refractivity contribution in [2.24, 2.45) is 5.73 Å². The Morgan fingerprint density at radius 1 is 1.18 bits per heavy atom. The fourth-order valence-electron chi connectivity index (χ4n) is 4.31. The Kier molecular flexibility index (Phi) is 5.97. The van der Waals surface area contributed by atoms with Crippen molar-refractivity contribution in [3.05, 3.63) is 66.2 Å². The van der Waals surface area contributed by atoms with Gasteiger partial charge in [0, 0.05) is 66.7 Å². The van der Waals surface area contributed by atoms with E-state index in [0.717, 1.165) is 35.0 Å². The van der Waals surface area contributed by atoms with E-state index < -0.39 is 10.8 Å². The first-order valence-corrected chi connectivity index (χ1v) is 12.8. The third kappa shape index (κ3) is 4.12. The van der Waals surface area contributed by atoms with E-state index in [1.165, 1.54) is 5.56 Å². The normalized spacial score (nSPS) is 16.8. The van der Waals surface area contributed by atoms with Gasteiger partial charge in [-0.3, -0.25) is 18.6 Å². The van der Waals surface area contributed by atoms with Gasteiger partial charge in [-0.15, -0.1) is 0 Å². The highest BCUT2D eigenvalue weighted by atomic mass is 32.2. The van der Waals surface area contributed by atoms with Crippen LogP contribution in [0.3, 0.4) is 0 Å². The van der Waals surface area contributed by atoms with E-state index in [9.17, 15) is 9.00 Å². The van der Waals surface area contributed by atoms with Gasteiger partial charge in [0.2, 0.25) is 5.95 Å². The number of benzene rings is 1. The number of aromatic nitrogens is 4. The second kappa shape index (κ2) is 9.08. The summed E-state index contributed by atoms with van der Waals surface area (Å²) in [6.45, 7) is 3.31. The average molecular weight is 475 g/mol. The van der Waals surface area contributed by atoms with Crippen molar-refractivity contribution in [1.82, 2.24) is 24.4 Å². The van der Waals surface area contributed by atoms with Crippen molar-refractivity contribution < 1.29 is 9.00 Å². The summed E-state index contributed by atoms with van der Waals surface area (Å²) in [5.74, 6) is 0.379. The van der Waals surface area contributed by atoms with Crippen molar-refractivity contribution in [2.45, 2.75) is 30.7 Å². The van der Waals surface area contributed by atoms with E-state index in [2.05, 4.69) is 21.9 Å². The minimum absolute atomic E-state index is 0.0186. The monoisotopic (exact) mass is 474 g/mol. The minimum atomic E-state index is -1.22. The molecule has 174 valence electrons. The summed E-state index contributed by atoms with van der Waals surface area (Å²) >= 11 is 0. The van der Waals surface area contributed by atoms with Crippen molar-refractivity contribution in [3.8, 4) is 17.2 Å². The molecule has 0 aliphatic carbocycles. The average Bonchev–Trinajstić information content (AvgIpc) is 3.47. The van der Waals surface area contributed by atoms with E-state index in [0.29, 0.717) is 29.5 Å². The predicted octanol–water partition coefficient (Wildman–Crippen LogP) is 2.96. The van der Waals surface area contributed by atoms with E-state index in [4.69, 9.17) is 5.73 Å². The number of carbonyl (C=O) groups excluding carboxylic acids is 1. The molecule has 2 atom stereocenters. The van der Waals surface area contributed by atoms with Gasteiger partial charge in [0.1, 0.15) is 0 Å². The second-order valence-corrected chi connectivity index (χ2v) is 9.87. The van der Waals surface area contributed by atoms with Gasteiger partial charge in [-0.25, -0.2) is 9.97 Å². The van der Waals surface area contributed by atoms with Gasteiger partial charge in [0.15, 0.2) is 0 Å². The standard InChI is InChI=1S/C25H26N6O2S/c1-3-16-6-8-27-21(10-16)18-12-28-25(29-13-18)31-15-23(34(2)33)20-5-4-17(11-22(20)31)24(32)30-9-7-19(26)14-30/h4-6,8,10-13,15,19H,3,7,9,14,26H2,1-2H3/t19-,34?/m1/s1. The lowest BCUT2D eigenvalue weighted by Crippen LogP contribution is -2.31. The summed E-state index contributed by atoms with van der Waals surface area (Å²) < 4.78 is 14.2. The number of nitrogens with two attached hydrogens (primary N) is 1. The first-order valence-electron chi connectivity index (χ1n) is 11.3. The van der Waals surface area contributed by atoms with Gasteiger partial charge in [-0.05, 0) is 42.7 Å². The Bertz CT molecular complexity index is 1400. The van der Waals surface area contributed by atoms with E-state index in [-0.39, 0.29) is 11.9 Å². The van der Waals surface area contributed by atoms with Crippen LogP contribution in [0.1, 0.15) is 29.3 Å². The summed E-state index contributed by atoms with van der Waals surface area (Å²) in [6.07, 6.45) is 10.4. The van der Waals surface area contributed by atoms with Crippen LogP contribution in [0.5, 0.6) is 0 Å². The summed E-state index contributed by atoms with van der Waals surface area (Å²) in [6, 6.07) is 9.49. The molecule has 9 heteroatoms. The molecule has 0 bridgehead atoms. The number of fused-ring (bicyclic) bond motifs is 1. The van der Waals surface area contributed by atoms with Crippen LogP contribution in [-0.2, 0) is 17.2 Å². The number of likely N-dealkylation sites (tertiary alicyclic amines) is 1. The van der Waals surface area contributed by atoms with E-state index in [1.807, 2.05) is 24.3 Å². The lowest BCUT2D eigenvalue weighted by molar-refractivity contribution is 0.0791. The number of amides is 1. The third-order valence-electron chi connectivity index (χ3n) is 6.22. The zero-order valence-corrected chi connectivity index (χ0v) is 20.0. The summed E-state index contributed by atoms with van der Waals surface area (Å²) in [5, 5.41) is 0.806. The van der Waals surface area contributed by atoms with Crippen molar-refractivity contribution in [1.29, 1.82) is 0 Å². The first-order chi connectivity index (χ1) is 16.4. The highest BCUT2D eigenvalue weighted by Crippen LogP contribution is 2.28. The molecule has 1 fully saturated rings. The van der Waals surface area contributed by atoms with Crippen LogP contribution in [0.2, 0.25) is 0 Å². The maximum absolute atomic E-state index is 13.0. The van der Waals surface area contributed by atoms with Gasteiger partial charge in [0.25, 0.3) is 5.91 Å². The quantitative estimate of drug-likeness (QED) is 0.477. The van der Waals surface area contributed by atoms with Crippen LogP contribution in [0.15, 0.2) is 60.0 Å². The van der Waals surface area contributed by atoms with Gasteiger partial charge in [-0.1, -0.05) is 13.0 Å². The van der Waals surface area contributed by atoms with E-state index >= 15 is 0 Å². The fourth-order valence-corrected chi connectivity index (χ4v) is 5.04. The molecular formula is C25H26N6O2S. The van der Waals surface area contributed by atoms with Crippen molar-refractivity contribution in [2.75, 3.05) is 19.3 Å². The second-order valence-electron chi connectivity index (χ2n) is 8.52. The number of nitrogens with zero attached hydrogens (tertiary/aromatic N) is 5. The molecule has 1 aliphatic rings. The molecule has 5 rings (SSSR count). The lowest BCUT2D eigenvalue weighted by atomic mass is 10.1. The molecule has 1 aliphatic heterocycles. The molecule has 3 aromatic heterocycles. The number of hydrogen-bond donors (Lipinski definition) is 1. The Morgan fingerprint density at radius 3 is 2.65 bits per heavy atom. The maximum Gasteiger partial charge on any atom is 0.253 e. The Labute approximate surface area is 200 Å². The molecule has 1 amide bonds. The molecule has 0 spiro atoms. The molecule has 4 aromatic rings. The maximum atomic E-state index is 13.0. The van der Waals surface area contributed by atoms with Crippen LogP contribution < -0.4 is 5.73 Å². The predicted molar refractivity (Wildman–Crippen MR) is 132 cm³/mol. The number of aryl methyl sites for hydroxylation is 1. The molecule has 34 heavy (non-hydrogen) atoms. The van der Waals surface area contributed by atoms with E-state index in [1.54, 1.807) is 46.6 Å². The molecule has 2 N–H and O–H groups in total. The smallest absolute Gasteiger partial charge is 0.253 e. The Morgan fingerprint density at radius 2 is 1.97 bits per heavy atom. The number of rotatable bonds is 5. The topological polar surface area (TPSA) is 107 Å². The highest BCUT2D eigenvalue weighted by molar-refractivity contribution is 7.84. The lowest BCUT2D eigenvalue weighted by Gasteiger charge is -2.16. The third-order valence-corrected chi connectivity index (χ3v) is 7.16. The number of hydrogen-bond acceptors (Lipinski definition) is 6. The summed E-state index contributed by atoms with van der Waals surface area (Å²) in [4.78, 5) is 29.1. The summed E-state index contributed by atoms with van der Waals surface area (Å²) in [5.41, 5.74) is 10.1. The van der Waals surface area contributed by atoms with Gasteiger partial charge in [-0.2, -0.15) is 0 Å². The van der Waals surface area contributed by atoms with Crippen LogP contribution in [-0.4, -0.2) is 59.9 Å². The van der Waals surface area contributed by atoms with Crippen molar-refractivity contribution in [3.63, 3.8) is 0 Å². The highest BCUT2D eigenvalue weighted by Gasteiger charge is 2.25. The van der Waals surface area contributed by atoms with Gasteiger partial charge >= 0.3 is 0 Å². The zero-order chi connectivity index (χ0) is 23.8. The Hall–Kier alpha value is -3.43. The minimum Gasteiger partial charge on any atom is -0.337 e. The Balaban J connectivity index is 1.55. The van der Waals surface area contributed by atoms with Crippen LogP contribution in [0, 0.1) is 0 Å². The van der Waals surface area contributed by atoms with Crippen molar-refractivity contribution >= 4 is 27.6 Å². The fraction of sp³-hybridized carbons (Fsp3) is 0.280. The van der Waals surface area contributed by atoms with Gasteiger partial charge < -0.3 is 10.6 Å². The summed E-state index contributed by atoms with van der Waals surface area (Å²) in [7, 11) is -1.22. The molecule has 8 nitrogen and oxygen atoms in total. The number of pyridine rings is 1. The zero-order valence-electron chi connectivity index (χ0n) is 19.1. The van der Waals surface area contributed by atoms with Crippen LogP contribution >= 0.6 is 0 Å². The van der Waals surface area contributed by atoms with Gasteiger partial charge in [0.05, 0.1) is 26.9 Å². The molecule has 1 aromatic carbocycles. The molecule has 4 heterocycles. The number of carbonyl (C=O) groups is 1. The SMILES string of the molecule is CCc1ccnc(-c2cnc(-n3cc(S(C)=O)c4ccc(C(=O)N5CC[C@@H](N)C5)cc43)nc2)c1. The van der Waals surface area contributed by atoms with Crippen LogP contribution in [0.4, 0.5) is 0 Å². The largest absolute Gasteiger partial charge is 0.337 e. The molecule has 1 unspecified atom stereocenters. The molecular weight excluding hydrogens is 448 g/mol. The van der Waals surface area contributed by atoms with Crippen LogP contribution in [0.25, 0.3) is 28.1 Å². The molecule has 0 radical (unpaired) electrons. The molecule has 0 saturated carbocycles. The first kappa shape index (κ1) is 22.4. The molecule has 1 saturated heterocycles.